The molecule has 2 bridgehead atoms. The molecule has 1 aromatic heterocycles. The van der Waals surface area contributed by atoms with Gasteiger partial charge in [0.1, 0.15) is 0 Å². The summed E-state index contributed by atoms with van der Waals surface area (Å²) < 4.78 is 13.6. The van der Waals surface area contributed by atoms with E-state index in [4.69, 9.17) is 5.73 Å². The average Bonchev–Trinajstić information content (AvgIpc) is 2.78. The first kappa shape index (κ1) is 8.91. The number of pyridine rings is 1. The van der Waals surface area contributed by atoms with Crippen LogP contribution in [0.3, 0.4) is 0 Å². The van der Waals surface area contributed by atoms with E-state index in [1.165, 1.54) is 12.3 Å². The van der Waals surface area contributed by atoms with E-state index < -0.39 is 0 Å². The molecule has 2 atom stereocenters. The number of hydrogen-bond donors (Lipinski definition) is 2. The summed E-state index contributed by atoms with van der Waals surface area (Å²) >= 11 is 0. The number of nitrogens with zero attached hydrogens (tertiary/aromatic N) is 2. The van der Waals surface area contributed by atoms with Gasteiger partial charge in [-0.25, -0.2) is 9.37 Å². The van der Waals surface area contributed by atoms with E-state index >= 15 is 0 Å². The molecule has 5 heteroatoms. The number of piperazine rings is 1. The topological polar surface area (TPSA) is 54.2 Å². The number of rotatable bonds is 1. The number of nitrogens with two attached hydrogens (primary N) is 1. The Morgan fingerprint density at radius 3 is 3.07 bits per heavy atom. The van der Waals surface area contributed by atoms with Crippen molar-refractivity contribution >= 4 is 11.5 Å². The van der Waals surface area contributed by atoms with Crippen molar-refractivity contribution in [3.05, 3.63) is 18.1 Å². The molecule has 1 aromatic rings. The van der Waals surface area contributed by atoms with Crippen LogP contribution >= 0.6 is 0 Å². The Kier molecular flexibility index (Phi) is 1.82. The third kappa shape index (κ3) is 1.34. The molecule has 0 aromatic carbocycles. The van der Waals surface area contributed by atoms with Gasteiger partial charge in [0, 0.05) is 31.2 Å². The maximum Gasteiger partial charge on any atom is 0.167 e. The lowest BCUT2D eigenvalue weighted by Gasteiger charge is -2.28. The summed E-state index contributed by atoms with van der Waals surface area (Å²) in [5, 5.41) is 3.37. The molecule has 0 amide bonds. The van der Waals surface area contributed by atoms with Gasteiger partial charge >= 0.3 is 0 Å². The highest BCUT2D eigenvalue weighted by molar-refractivity contribution is 5.49. The maximum absolute atomic E-state index is 13.6. The van der Waals surface area contributed by atoms with Gasteiger partial charge < -0.3 is 16.0 Å². The number of anilines is 2. The molecule has 2 fully saturated rings. The lowest BCUT2D eigenvalue weighted by Crippen LogP contribution is -2.44. The second kappa shape index (κ2) is 3.06. The minimum atomic E-state index is -0.317. The molecule has 0 aliphatic carbocycles. The fourth-order valence-electron chi connectivity index (χ4n) is 2.48. The number of nitrogen functional groups attached to an aromatic ring is 1. The molecular formula is C10H13FN4. The SMILES string of the molecule is Nc1cnc(N2CC3CC2CN3)c(F)c1. The molecule has 80 valence electrons. The van der Waals surface area contributed by atoms with Crippen molar-refractivity contribution in [3.8, 4) is 0 Å². The van der Waals surface area contributed by atoms with Crippen molar-refractivity contribution in [2.75, 3.05) is 23.7 Å². The Hall–Kier alpha value is -1.36. The maximum atomic E-state index is 13.6. The molecule has 0 radical (unpaired) electrons. The van der Waals surface area contributed by atoms with Gasteiger partial charge in [-0.2, -0.15) is 0 Å². The van der Waals surface area contributed by atoms with Crippen LogP contribution in [0.2, 0.25) is 0 Å². The molecule has 3 N–H and O–H groups in total. The molecule has 2 unspecified atom stereocenters. The quantitative estimate of drug-likeness (QED) is 0.699. The Morgan fingerprint density at radius 1 is 1.60 bits per heavy atom. The fraction of sp³-hybridized carbons (Fsp3) is 0.500. The summed E-state index contributed by atoms with van der Waals surface area (Å²) in [4.78, 5) is 6.11. The lowest BCUT2D eigenvalue weighted by atomic mass is 10.2. The molecule has 3 rings (SSSR count). The second-order valence-corrected chi connectivity index (χ2v) is 4.22. The van der Waals surface area contributed by atoms with E-state index in [1.54, 1.807) is 0 Å². The van der Waals surface area contributed by atoms with Gasteiger partial charge in [-0.05, 0) is 6.42 Å². The van der Waals surface area contributed by atoms with Gasteiger partial charge in [-0.1, -0.05) is 0 Å². The van der Waals surface area contributed by atoms with Gasteiger partial charge in [0.25, 0.3) is 0 Å². The number of nitrogens with one attached hydrogen (secondary N) is 1. The lowest BCUT2D eigenvalue weighted by molar-refractivity contribution is 0.554. The number of halogens is 1. The first-order chi connectivity index (χ1) is 7.24. The van der Waals surface area contributed by atoms with Crippen LogP contribution in [-0.4, -0.2) is 30.2 Å². The highest BCUT2D eigenvalue weighted by atomic mass is 19.1. The standard InChI is InChI=1S/C10H13FN4/c11-9-1-6(12)3-14-10(9)15-5-7-2-8(15)4-13-7/h1,3,7-8,13H,2,4-5,12H2. The molecular weight excluding hydrogens is 195 g/mol. The summed E-state index contributed by atoms with van der Waals surface area (Å²) in [6.07, 6.45) is 2.60. The van der Waals surface area contributed by atoms with Crippen LogP contribution in [0.4, 0.5) is 15.9 Å². The zero-order valence-corrected chi connectivity index (χ0v) is 8.28. The average molecular weight is 208 g/mol. The van der Waals surface area contributed by atoms with Gasteiger partial charge in [0.2, 0.25) is 0 Å². The van der Waals surface area contributed by atoms with Crippen molar-refractivity contribution < 1.29 is 4.39 Å². The Labute approximate surface area is 87.3 Å². The summed E-state index contributed by atoms with van der Waals surface area (Å²) in [5.74, 6) is 0.126. The predicted molar refractivity (Wildman–Crippen MR) is 56.1 cm³/mol. The number of hydrogen-bond acceptors (Lipinski definition) is 4. The summed E-state index contributed by atoms with van der Waals surface area (Å²) in [7, 11) is 0. The summed E-state index contributed by atoms with van der Waals surface area (Å²) in [6, 6.07) is 2.22. The summed E-state index contributed by atoms with van der Waals surface area (Å²) in [6.45, 7) is 1.77. The van der Waals surface area contributed by atoms with Crippen molar-refractivity contribution in [3.63, 3.8) is 0 Å². The molecule has 0 spiro atoms. The molecule has 4 nitrogen and oxygen atoms in total. The largest absolute Gasteiger partial charge is 0.397 e. The van der Waals surface area contributed by atoms with Gasteiger partial charge in [-0.15, -0.1) is 0 Å². The Bertz CT molecular complexity index is 395. The smallest absolute Gasteiger partial charge is 0.167 e. The normalized spacial score (nSPS) is 28.7. The van der Waals surface area contributed by atoms with Gasteiger partial charge in [-0.3, -0.25) is 0 Å². The first-order valence-electron chi connectivity index (χ1n) is 5.15. The summed E-state index contributed by atoms with van der Waals surface area (Å²) in [5.41, 5.74) is 5.84. The molecule has 3 heterocycles. The fourth-order valence-corrected chi connectivity index (χ4v) is 2.48. The highest BCUT2D eigenvalue weighted by Gasteiger charge is 2.39. The van der Waals surface area contributed by atoms with E-state index in [2.05, 4.69) is 10.3 Å². The van der Waals surface area contributed by atoms with E-state index in [0.717, 1.165) is 19.5 Å². The van der Waals surface area contributed by atoms with Gasteiger partial charge in [0.15, 0.2) is 11.6 Å². The minimum absolute atomic E-state index is 0.317. The third-order valence-electron chi connectivity index (χ3n) is 3.17. The van der Waals surface area contributed by atoms with E-state index in [0.29, 0.717) is 23.6 Å². The van der Waals surface area contributed by atoms with Crippen molar-refractivity contribution in [1.29, 1.82) is 0 Å². The van der Waals surface area contributed by atoms with Crippen LogP contribution in [0.5, 0.6) is 0 Å². The van der Waals surface area contributed by atoms with Crippen LogP contribution in [0.25, 0.3) is 0 Å². The van der Waals surface area contributed by atoms with E-state index in [1.807, 2.05) is 4.90 Å². The van der Waals surface area contributed by atoms with Crippen LogP contribution in [0, 0.1) is 5.82 Å². The third-order valence-corrected chi connectivity index (χ3v) is 3.17. The van der Waals surface area contributed by atoms with Crippen molar-refractivity contribution in [2.45, 2.75) is 18.5 Å². The van der Waals surface area contributed by atoms with Crippen LogP contribution in [-0.2, 0) is 0 Å². The second-order valence-electron chi connectivity index (χ2n) is 4.22. The number of fused-ring (bicyclic) bond motifs is 2. The molecule has 2 aliphatic heterocycles. The first-order valence-corrected chi connectivity index (χ1v) is 5.15. The van der Waals surface area contributed by atoms with Crippen molar-refractivity contribution in [2.24, 2.45) is 0 Å². The molecule has 2 aliphatic rings. The minimum Gasteiger partial charge on any atom is -0.397 e. The Balaban J connectivity index is 1.93. The predicted octanol–water partition coefficient (Wildman–Crippen LogP) is 0.353. The highest BCUT2D eigenvalue weighted by Crippen LogP contribution is 2.29. The monoisotopic (exact) mass is 208 g/mol. The van der Waals surface area contributed by atoms with E-state index in [-0.39, 0.29) is 5.82 Å². The number of aromatic nitrogens is 1. The van der Waals surface area contributed by atoms with Crippen LogP contribution in [0.1, 0.15) is 6.42 Å². The van der Waals surface area contributed by atoms with Crippen LogP contribution in [0.15, 0.2) is 12.3 Å². The van der Waals surface area contributed by atoms with Crippen molar-refractivity contribution in [1.82, 2.24) is 10.3 Å². The van der Waals surface area contributed by atoms with Gasteiger partial charge in [0.05, 0.1) is 11.9 Å². The molecule has 2 saturated heterocycles. The van der Waals surface area contributed by atoms with Crippen LogP contribution < -0.4 is 16.0 Å². The zero-order valence-electron chi connectivity index (χ0n) is 8.28. The van der Waals surface area contributed by atoms with E-state index in [9.17, 15) is 4.39 Å². The molecule has 0 saturated carbocycles. The zero-order chi connectivity index (χ0) is 10.4. The molecule has 15 heavy (non-hydrogen) atoms. The Morgan fingerprint density at radius 2 is 2.47 bits per heavy atom.